The van der Waals surface area contributed by atoms with E-state index in [-0.39, 0.29) is 17.8 Å². The van der Waals surface area contributed by atoms with Gasteiger partial charge in [-0.05, 0) is 57.0 Å². The van der Waals surface area contributed by atoms with E-state index in [2.05, 4.69) is 15.6 Å². The molecule has 1 saturated heterocycles. The second-order valence-corrected chi connectivity index (χ2v) is 6.99. The Balaban J connectivity index is 1.77. The van der Waals surface area contributed by atoms with Crippen molar-refractivity contribution in [1.82, 2.24) is 15.5 Å². The minimum atomic E-state index is -4.15. The fraction of sp³-hybridized carbons (Fsp3) is 0.632. The molecule has 1 aliphatic heterocycles. The maximum Gasteiger partial charge on any atom is 0.401 e. The predicted octanol–water partition coefficient (Wildman–Crippen LogP) is 3.03. The Bertz CT molecular complexity index is 621. The number of halogens is 4. The molecule has 1 aromatic carbocycles. The van der Waals surface area contributed by atoms with Crippen LogP contribution in [0.25, 0.3) is 0 Å². The number of alkyl halides is 3. The summed E-state index contributed by atoms with van der Waals surface area (Å²) in [5, 5.41) is 6.32. The molecule has 0 bridgehead atoms. The molecule has 28 heavy (non-hydrogen) atoms. The Kier molecular flexibility index (Phi) is 8.35. The van der Waals surface area contributed by atoms with Gasteiger partial charge in [-0.3, -0.25) is 4.90 Å². The van der Waals surface area contributed by atoms with E-state index in [1.165, 1.54) is 17.0 Å². The van der Waals surface area contributed by atoms with Gasteiger partial charge in [0, 0.05) is 19.6 Å². The van der Waals surface area contributed by atoms with Crippen LogP contribution < -0.4 is 15.4 Å². The lowest BCUT2D eigenvalue weighted by molar-refractivity contribution is -0.143. The Morgan fingerprint density at radius 2 is 2.00 bits per heavy atom. The Morgan fingerprint density at radius 1 is 1.29 bits per heavy atom. The van der Waals surface area contributed by atoms with Crippen molar-refractivity contribution in [2.75, 3.05) is 39.3 Å². The lowest BCUT2D eigenvalue weighted by atomic mass is 10.1. The Morgan fingerprint density at radius 3 is 2.64 bits per heavy atom. The summed E-state index contributed by atoms with van der Waals surface area (Å²) in [7, 11) is 0. The highest BCUT2D eigenvalue weighted by Crippen LogP contribution is 2.22. The highest BCUT2D eigenvalue weighted by atomic mass is 19.4. The van der Waals surface area contributed by atoms with Gasteiger partial charge in [-0.2, -0.15) is 13.2 Å². The summed E-state index contributed by atoms with van der Waals surface area (Å²) in [6.07, 6.45) is -3.64. The average Bonchev–Trinajstić information content (AvgIpc) is 3.05. The van der Waals surface area contributed by atoms with Crippen LogP contribution in [0.15, 0.2) is 29.3 Å². The summed E-state index contributed by atoms with van der Waals surface area (Å²) in [5.41, 5.74) is 0. The van der Waals surface area contributed by atoms with Gasteiger partial charge in [-0.1, -0.05) is 0 Å². The van der Waals surface area contributed by atoms with E-state index in [0.29, 0.717) is 44.4 Å². The van der Waals surface area contributed by atoms with Crippen LogP contribution in [0, 0.1) is 11.7 Å². The molecule has 0 radical (unpaired) electrons. The van der Waals surface area contributed by atoms with E-state index in [0.717, 1.165) is 6.42 Å². The molecule has 0 aliphatic carbocycles. The number of rotatable bonds is 8. The summed E-state index contributed by atoms with van der Waals surface area (Å²) >= 11 is 0. The Labute approximate surface area is 163 Å². The first-order chi connectivity index (χ1) is 13.2. The van der Waals surface area contributed by atoms with Gasteiger partial charge in [0.05, 0.1) is 13.1 Å². The van der Waals surface area contributed by atoms with Crippen molar-refractivity contribution in [3.05, 3.63) is 30.1 Å². The number of aliphatic imine (C=N–C) groups is 1. The second-order valence-electron chi connectivity index (χ2n) is 6.99. The number of hydrogen-bond donors (Lipinski definition) is 2. The third kappa shape index (κ3) is 8.33. The molecule has 2 atom stereocenters. The van der Waals surface area contributed by atoms with Gasteiger partial charge < -0.3 is 15.4 Å². The minimum Gasteiger partial charge on any atom is -0.489 e. The Hall–Kier alpha value is -2.03. The molecule has 2 unspecified atom stereocenters. The first-order valence-electron chi connectivity index (χ1n) is 9.48. The summed E-state index contributed by atoms with van der Waals surface area (Å²) in [6, 6.07) is 5.79. The van der Waals surface area contributed by atoms with Crippen molar-refractivity contribution >= 4 is 5.96 Å². The fourth-order valence-corrected chi connectivity index (χ4v) is 3.06. The van der Waals surface area contributed by atoms with E-state index in [1.807, 2.05) is 13.8 Å². The van der Waals surface area contributed by atoms with Crippen LogP contribution in [0.1, 0.15) is 20.3 Å². The monoisotopic (exact) mass is 404 g/mol. The molecule has 0 aromatic heterocycles. The SMILES string of the molecule is CCNC(=NCC(C)Oc1ccc(F)cc1)NCC1CCN(CC(F)(F)F)C1. The molecule has 158 valence electrons. The summed E-state index contributed by atoms with van der Waals surface area (Å²) in [4.78, 5) is 5.91. The molecule has 1 heterocycles. The molecule has 0 spiro atoms. The van der Waals surface area contributed by atoms with E-state index < -0.39 is 12.7 Å². The number of hydrogen-bond acceptors (Lipinski definition) is 3. The van der Waals surface area contributed by atoms with E-state index in [4.69, 9.17) is 4.74 Å². The zero-order chi connectivity index (χ0) is 20.6. The molecule has 2 N–H and O–H groups in total. The molecule has 9 heteroatoms. The predicted molar refractivity (Wildman–Crippen MR) is 101 cm³/mol. The number of ether oxygens (including phenoxy) is 1. The molecule has 5 nitrogen and oxygen atoms in total. The maximum atomic E-state index is 12.9. The van der Waals surface area contributed by atoms with Crippen molar-refractivity contribution in [2.24, 2.45) is 10.9 Å². The quantitative estimate of drug-likeness (QED) is 0.397. The zero-order valence-corrected chi connectivity index (χ0v) is 16.2. The third-order valence-corrected chi connectivity index (χ3v) is 4.33. The van der Waals surface area contributed by atoms with Crippen LogP contribution in [-0.4, -0.2) is 62.4 Å². The van der Waals surface area contributed by atoms with E-state index in [9.17, 15) is 17.6 Å². The van der Waals surface area contributed by atoms with Gasteiger partial charge in [0.2, 0.25) is 0 Å². The van der Waals surface area contributed by atoms with Gasteiger partial charge in [0.25, 0.3) is 0 Å². The number of nitrogens with one attached hydrogen (secondary N) is 2. The van der Waals surface area contributed by atoms with Gasteiger partial charge >= 0.3 is 6.18 Å². The molecule has 1 aromatic rings. The first-order valence-corrected chi connectivity index (χ1v) is 9.48. The average molecular weight is 404 g/mol. The maximum absolute atomic E-state index is 12.9. The zero-order valence-electron chi connectivity index (χ0n) is 16.2. The van der Waals surface area contributed by atoms with Gasteiger partial charge in [-0.25, -0.2) is 9.38 Å². The van der Waals surface area contributed by atoms with E-state index in [1.54, 1.807) is 12.1 Å². The fourth-order valence-electron chi connectivity index (χ4n) is 3.06. The number of benzene rings is 1. The van der Waals surface area contributed by atoms with Crippen LogP contribution in [0.5, 0.6) is 5.75 Å². The number of guanidine groups is 1. The van der Waals surface area contributed by atoms with Crippen LogP contribution in [0.2, 0.25) is 0 Å². The highest BCUT2D eigenvalue weighted by molar-refractivity contribution is 5.79. The second kappa shape index (κ2) is 10.5. The lowest BCUT2D eigenvalue weighted by Gasteiger charge is -2.19. The van der Waals surface area contributed by atoms with Crippen molar-refractivity contribution in [1.29, 1.82) is 0 Å². The van der Waals surface area contributed by atoms with Crippen molar-refractivity contribution in [2.45, 2.75) is 32.5 Å². The molecule has 0 amide bonds. The molecular formula is C19H28F4N4O. The van der Waals surface area contributed by atoms with Crippen LogP contribution >= 0.6 is 0 Å². The van der Waals surface area contributed by atoms with Gasteiger partial charge in [0.15, 0.2) is 5.96 Å². The third-order valence-electron chi connectivity index (χ3n) is 4.33. The van der Waals surface area contributed by atoms with Crippen molar-refractivity contribution in [3.63, 3.8) is 0 Å². The van der Waals surface area contributed by atoms with Crippen molar-refractivity contribution in [3.8, 4) is 5.75 Å². The molecule has 1 aliphatic rings. The highest BCUT2D eigenvalue weighted by Gasteiger charge is 2.34. The lowest BCUT2D eigenvalue weighted by Crippen LogP contribution is -2.41. The smallest absolute Gasteiger partial charge is 0.401 e. The van der Waals surface area contributed by atoms with Gasteiger partial charge in [-0.15, -0.1) is 0 Å². The van der Waals surface area contributed by atoms with Crippen molar-refractivity contribution < 1.29 is 22.3 Å². The van der Waals surface area contributed by atoms with Gasteiger partial charge in [0.1, 0.15) is 17.7 Å². The molecule has 0 saturated carbocycles. The largest absolute Gasteiger partial charge is 0.489 e. The summed E-state index contributed by atoms with van der Waals surface area (Å²) < 4.78 is 56.1. The standard InChI is InChI=1S/C19H28F4N4O/c1-3-24-18(25-10-14(2)28-17-6-4-16(20)5-7-17)26-11-15-8-9-27(12-15)13-19(21,22)23/h4-7,14-15H,3,8-13H2,1-2H3,(H2,24,25,26). The number of nitrogens with zero attached hydrogens (tertiary/aromatic N) is 2. The number of likely N-dealkylation sites (tertiary alicyclic amines) is 1. The van der Waals surface area contributed by atoms with Crippen LogP contribution in [0.3, 0.4) is 0 Å². The molecular weight excluding hydrogens is 376 g/mol. The summed E-state index contributed by atoms with van der Waals surface area (Å²) in [5.74, 6) is 1.00. The minimum absolute atomic E-state index is 0.152. The topological polar surface area (TPSA) is 48.9 Å². The molecule has 2 rings (SSSR count). The normalized spacial score (nSPS) is 19.5. The molecule has 1 fully saturated rings. The van der Waals surface area contributed by atoms with Crippen LogP contribution in [-0.2, 0) is 0 Å². The van der Waals surface area contributed by atoms with E-state index >= 15 is 0 Å². The van der Waals surface area contributed by atoms with Crippen LogP contribution in [0.4, 0.5) is 17.6 Å². The summed E-state index contributed by atoms with van der Waals surface area (Å²) in [6.45, 7) is 5.46. The first kappa shape index (κ1) is 22.3.